The second kappa shape index (κ2) is 9.79. The van der Waals surface area contributed by atoms with Crippen molar-refractivity contribution in [2.24, 2.45) is 0 Å². The highest BCUT2D eigenvalue weighted by Gasteiger charge is 2.62. The quantitative estimate of drug-likeness (QED) is 0.171. The Morgan fingerprint density at radius 3 is 1.67 bits per heavy atom. The van der Waals surface area contributed by atoms with E-state index < -0.39 is 7.26 Å². The van der Waals surface area contributed by atoms with E-state index in [4.69, 9.17) is 0 Å². The summed E-state index contributed by atoms with van der Waals surface area (Å²) in [4.78, 5) is 0. The molecule has 10 rings (SSSR count). The number of hydrogen-bond donors (Lipinski definition) is 0. The van der Waals surface area contributed by atoms with Crippen molar-refractivity contribution in [2.45, 2.75) is 38.5 Å². The second-order valence-electron chi connectivity index (χ2n) is 14.8. The van der Waals surface area contributed by atoms with Crippen LogP contribution in [0.5, 0.6) is 0 Å². The molecule has 5 aromatic carbocycles. The van der Waals surface area contributed by atoms with Crippen LogP contribution in [0.4, 0.5) is 4.32 Å². The molecule has 0 bridgehead atoms. The lowest BCUT2D eigenvalue weighted by Crippen LogP contribution is -2.43. The number of halogens is 1. The van der Waals surface area contributed by atoms with E-state index in [2.05, 4.69) is 155 Å². The first kappa shape index (κ1) is 28.5. The van der Waals surface area contributed by atoms with Crippen molar-refractivity contribution >= 4 is 24.1 Å². The van der Waals surface area contributed by atoms with Crippen LogP contribution in [0, 0.1) is 0 Å². The molecule has 2 aliphatic heterocycles. The predicted octanol–water partition coefficient (Wildman–Crippen LogP) is 10.3. The van der Waals surface area contributed by atoms with Crippen LogP contribution in [-0.2, 0) is 10.8 Å². The van der Waals surface area contributed by atoms with Gasteiger partial charge < -0.3 is 0 Å². The lowest BCUT2D eigenvalue weighted by atomic mass is 9.77. The van der Waals surface area contributed by atoms with Crippen molar-refractivity contribution in [1.82, 2.24) is 4.48 Å². The molecular formula is C45H35BFN2+. The lowest BCUT2D eigenvalue weighted by molar-refractivity contribution is -0.332. The SMILES string of the molecule is CC1(C)C2=C(C3=C(c4ccccc4)c4c5c(c(-c6ccccc6)n4B(F)[N+]3=C2c2ccccc2)C(C)(C)c2ccccc2-5)c2ccccc21. The summed E-state index contributed by atoms with van der Waals surface area (Å²) in [6.45, 7) is 9.21. The fourth-order valence-electron chi connectivity index (χ4n) is 9.46. The molecule has 0 unspecified atom stereocenters. The van der Waals surface area contributed by atoms with E-state index in [-0.39, 0.29) is 10.8 Å². The molecule has 2 aliphatic carbocycles. The van der Waals surface area contributed by atoms with E-state index in [1.54, 1.807) is 0 Å². The Morgan fingerprint density at radius 1 is 0.531 bits per heavy atom. The van der Waals surface area contributed by atoms with Crippen LogP contribution in [0.25, 0.3) is 33.5 Å². The first-order chi connectivity index (χ1) is 23.8. The van der Waals surface area contributed by atoms with E-state index in [9.17, 15) is 0 Å². The molecule has 4 aliphatic rings. The van der Waals surface area contributed by atoms with E-state index in [0.29, 0.717) is 0 Å². The maximum absolute atomic E-state index is 18.6. The molecule has 0 radical (unpaired) electrons. The zero-order valence-corrected chi connectivity index (χ0v) is 28.1. The molecule has 234 valence electrons. The summed E-state index contributed by atoms with van der Waals surface area (Å²) in [5.74, 6) is 0. The summed E-state index contributed by atoms with van der Waals surface area (Å²) in [6.07, 6.45) is 0. The molecule has 0 spiro atoms. The summed E-state index contributed by atoms with van der Waals surface area (Å²) >= 11 is 0. The number of allylic oxidation sites excluding steroid dienone is 2. The van der Waals surface area contributed by atoms with Crippen molar-refractivity contribution < 1.29 is 8.80 Å². The average molecular weight is 634 g/mol. The van der Waals surface area contributed by atoms with Crippen LogP contribution in [0.3, 0.4) is 0 Å². The maximum atomic E-state index is 18.6. The molecular weight excluding hydrogens is 598 g/mol. The molecule has 49 heavy (non-hydrogen) atoms. The summed E-state index contributed by atoms with van der Waals surface area (Å²) < 4.78 is 22.7. The fraction of sp³-hybridized carbons (Fsp3) is 0.133. The Morgan fingerprint density at radius 2 is 1.04 bits per heavy atom. The maximum Gasteiger partial charge on any atom is 0.847 e. The monoisotopic (exact) mass is 633 g/mol. The van der Waals surface area contributed by atoms with Crippen LogP contribution >= 0.6 is 0 Å². The van der Waals surface area contributed by atoms with Crippen molar-refractivity contribution in [3.8, 4) is 22.4 Å². The summed E-state index contributed by atoms with van der Waals surface area (Å²) in [5, 5.41) is 0. The van der Waals surface area contributed by atoms with Crippen LogP contribution in [0.2, 0.25) is 0 Å². The molecule has 0 atom stereocenters. The molecule has 0 N–H and O–H groups in total. The first-order valence-electron chi connectivity index (χ1n) is 17.3. The Bertz CT molecular complexity index is 2480. The molecule has 0 saturated carbocycles. The van der Waals surface area contributed by atoms with E-state index in [1.807, 2.05) is 21.1 Å². The molecule has 0 amide bonds. The zero-order chi connectivity index (χ0) is 33.2. The molecule has 3 heterocycles. The Balaban J connectivity index is 1.46. The van der Waals surface area contributed by atoms with Crippen LogP contribution in [0.15, 0.2) is 151 Å². The number of hydrogen-bond acceptors (Lipinski definition) is 0. The van der Waals surface area contributed by atoms with Gasteiger partial charge in [0.1, 0.15) is 0 Å². The van der Waals surface area contributed by atoms with Gasteiger partial charge in [0.25, 0.3) is 0 Å². The number of rotatable bonds is 3. The Kier molecular flexibility index (Phi) is 5.70. The fourth-order valence-corrected chi connectivity index (χ4v) is 9.46. The van der Waals surface area contributed by atoms with Crippen molar-refractivity contribution in [3.05, 3.63) is 190 Å². The van der Waals surface area contributed by atoms with Gasteiger partial charge in [0, 0.05) is 33.2 Å². The van der Waals surface area contributed by atoms with Crippen LogP contribution < -0.4 is 0 Å². The van der Waals surface area contributed by atoms with Crippen LogP contribution in [-0.4, -0.2) is 21.9 Å². The molecule has 4 heteroatoms. The normalized spacial score (nSPS) is 17.5. The van der Waals surface area contributed by atoms with Gasteiger partial charge in [0.15, 0.2) is 5.71 Å². The zero-order valence-electron chi connectivity index (χ0n) is 28.1. The summed E-state index contributed by atoms with van der Waals surface area (Å²) in [7, 11) is -1.48. The van der Waals surface area contributed by atoms with Crippen molar-refractivity contribution in [2.75, 3.05) is 0 Å². The summed E-state index contributed by atoms with van der Waals surface area (Å²) in [6, 6.07) is 49.1. The highest BCUT2D eigenvalue weighted by Crippen LogP contribution is 2.61. The average Bonchev–Trinajstić information content (AvgIpc) is 3.81. The number of benzene rings is 5. The highest BCUT2D eigenvalue weighted by molar-refractivity contribution is 6.47. The molecule has 0 saturated heterocycles. The minimum atomic E-state index is -1.48. The van der Waals surface area contributed by atoms with Gasteiger partial charge in [-0.15, -0.1) is 0 Å². The van der Waals surface area contributed by atoms with Gasteiger partial charge >= 0.3 is 7.26 Å². The van der Waals surface area contributed by atoms with Crippen molar-refractivity contribution in [1.29, 1.82) is 0 Å². The van der Waals surface area contributed by atoms with E-state index in [1.165, 1.54) is 33.4 Å². The van der Waals surface area contributed by atoms with E-state index >= 15 is 4.32 Å². The molecule has 0 fully saturated rings. The third-order valence-electron chi connectivity index (χ3n) is 11.5. The van der Waals surface area contributed by atoms with Gasteiger partial charge in [-0.05, 0) is 51.1 Å². The lowest BCUT2D eigenvalue weighted by Gasteiger charge is -2.27. The second-order valence-corrected chi connectivity index (χ2v) is 14.8. The third-order valence-corrected chi connectivity index (χ3v) is 11.5. The van der Waals surface area contributed by atoms with Gasteiger partial charge in [-0.3, -0.25) is 4.48 Å². The number of aromatic nitrogens is 1. The Labute approximate surface area is 287 Å². The van der Waals surface area contributed by atoms with Gasteiger partial charge in [0.05, 0.1) is 16.8 Å². The molecule has 1 aromatic heterocycles. The smallest absolute Gasteiger partial charge is 0.284 e. The largest absolute Gasteiger partial charge is 0.847 e. The standard InChI is InChI=1S/C45H35BFN2/c1-44(2)33-26-16-14-24-31(33)36-38(44)40(29-20-10-6-11-21-29)48-42(36)35(28-18-8-5-9-19-28)43-37-32-25-15-17-27-34(32)45(3,4)39(37)41(49(43)46(48)47)30-22-12-7-13-23-30/h5-27H,1-4H3/q+1. The third kappa shape index (κ3) is 3.54. The predicted molar refractivity (Wildman–Crippen MR) is 199 cm³/mol. The highest BCUT2D eigenvalue weighted by atomic mass is 19.1. The van der Waals surface area contributed by atoms with Crippen LogP contribution in [0.1, 0.15) is 66.8 Å². The van der Waals surface area contributed by atoms with Gasteiger partial charge in [0.2, 0.25) is 5.70 Å². The molecule has 2 nitrogen and oxygen atoms in total. The Hall–Kier alpha value is -5.48. The number of fused-ring (bicyclic) bond motifs is 9. The minimum Gasteiger partial charge on any atom is -0.284 e. The van der Waals surface area contributed by atoms with E-state index in [0.717, 1.165) is 56.2 Å². The van der Waals surface area contributed by atoms with Gasteiger partial charge in [-0.1, -0.05) is 155 Å². The minimum absolute atomic E-state index is 0.337. The van der Waals surface area contributed by atoms with Crippen molar-refractivity contribution in [3.63, 3.8) is 0 Å². The van der Waals surface area contributed by atoms with Gasteiger partial charge in [-0.25, -0.2) is 8.80 Å². The first-order valence-corrected chi connectivity index (χ1v) is 17.3. The van der Waals surface area contributed by atoms with Gasteiger partial charge in [-0.2, -0.15) is 0 Å². The topological polar surface area (TPSA) is 7.94 Å². The summed E-state index contributed by atoms with van der Waals surface area (Å²) in [5.41, 5.74) is 17.0. The molecule has 6 aromatic rings. The number of nitrogens with zero attached hydrogens (tertiary/aromatic N) is 2.